The van der Waals surface area contributed by atoms with Gasteiger partial charge < -0.3 is 19.7 Å². The van der Waals surface area contributed by atoms with E-state index in [9.17, 15) is 18.0 Å². The highest BCUT2D eigenvalue weighted by Gasteiger charge is 2.35. The first-order valence-electron chi connectivity index (χ1n) is 16.4. The van der Waals surface area contributed by atoms with Gasteiger partial charge in [-0.2, -0.15) is 0 Å². The number of carbonyl (C=O) groups is 2. The smallest absolute Gasteiger partial charge is 0.264 e. The lowest BCUT2D eigenvalue weighted by Crippen LogP contribution is -2.54. The third kappa shape index (κ3) is 9.41. The van der Waals surface area contributed by atoms with Crippen LogP contribution in [0.5, 0.6) is 11.5 Å². The SMILES string of the molecule is CC[C@@H](C)NC(=O)[C@H](Cc1ccccc1)N(Cc1cccc(C)c1)C(=O)CN(c1cc(C)cc(C)c1)S(=O)(=O)c1ccc(OC)c(OC)c1. The highest BCUT2D eigenvalue weighted by atomic mass is 32.2. The molecular formula is C39H47N3O6S. The van der Waals surface area contributed by atoms with Crippen molar-refractivity contribution in [3.63, 3.8) is 0 Å². The van der Waals surface area contributed by atoms with Crippen molar-refractivity contribution in [1.82, 2.24) is 10.2 Å². The molecule has 0 unspecified atom stereocenters. The molecule has 0 saturated heterocycles. The summed E-state index contributed by atoms with van der Waals surface area (Å²) in [4.78, 5) is 30.3. The van der Waals surface area contributed by atoms with Gasteiger partial charge in [0.1, 0.15) is 12.6 Å². The Bertz CT molecular complexity index is 1840. The second-order valence-electron chi connectivity index (χ2n) is 12.4. The lowest BCUT2D eigenvalue weighted by Gasteiger charge is -2.34. The Balaban J connectivity index is 1.86. The maximum atomic E-state index is 14.8. The number of benzene rings is 4. The first kappa shape index (κ1) is 37.0. The number of hydrogen-bond donors (Lipinski definition) is 1. The number of ether oxygens (including phenoxy) is 2. The van der Waals surface area contributed by atoms with E-state index in [0.717, 1.165) is 32.1 Å². The predicted octanol–water partition coefficient (Wildman–Crippen LogP) is 6.38. The minimum atomic E-state index is -4.33. The molecule has 10 heteroatoms. The van der Waals surface area contributed by atoms with Crippen LogP contribution in [0.3, 0.4) is 0 Å². The fourth-order valence-corrected chi connectivity index (χ4v) is 7.14. The second kappa shape index (κ2) is 16.5. The summed E-state index contributed by atoms with van der Waals surface area (Å²) in [6.45, 7) is 9.16. The zero-order chi connectivity index (χ0) is 35.7. The number of carbonyl (C=O) groups excluding carboxylic acids is 2. The van der Waals surface area contributed by atoms with Crippen LogP contribution in [0.25, 0.3) is 0 Å². The van der Waals surface area contributed by atoms with Crippen molar-refractivity contribution < 1.29 is 27.5 Å². The van der Waals surface area contributed by atoms with Gasteiger partial charge >= 0.3 is 0 Å². The molecule has 0 fully saturated rings. The Morgan fingerprint density at radius 2 is 1.43 bits per heavy atom. The van der Waals surface area contributed by atoms with Crippen LogP contribution in [-0.4, -0.2) is 58.0 Å². The van der Waals surface area contributed by atoms with Crippen molar-refractivity contribution in [1.29, 1.82) is 0 Å². The highest BCUT2D eigenvalue weighted by Crippen LogP contribution is 2.33. The average molecular weight is 686 g/mol. The molecule has 0 radical (unpaired) electrons. The van der Waals surface area contributed by atoms with Gasteiger partial charge in [0.25, 0.3) is 10.0 Å². The summed E-state index contributed by atoms with van der Waals surface area (Å²) in [6, 6.07) is 26.0. The van der Waals surface area contributed by atoms with Gasteiger partial charge in [-0.15, -0.1) is 0 Å². The summed E-state index contributed by atoms with van der Waals surface area (Å²) in [5, 5.41) is 3.07. The Labute approximate surface area is 290 Å². The first-order valence-corrected chi connectivity index (χ1v) is 17.8. The van der Waals surface area contributed by atoms with Crippen LogP contribution in [0.15, 0.2) is 95.9 Å². The van der Waals surface area contributed by atoms with Crippen molar-refractivity contribution >= 4 is 27.5 Å². The van der Waals surface area contributed by atoms with E-state index in [-0.39, 0.29) is 35.6 Å². The van der Waals surface area contributed by atoms with E-state index in [1.165, 1.54) is 37.3 Å². The number of nitrogens with zero attached hydrogens (tertiary/aromatic N) is 2. The minimum Gasteiger partial charge on any atom is -0.493 e. The number of nitrogens with one attached hydrogen (secondary N) is 1. The second-order valence-corrected chi connectivity index (χ2v) is 14.3. The third-order valence-electron chi connectivity index (χ3n) is 8.42. The fraction of sp³-hybridized carbons (Fsp3) is 0.333. The zero-order valence-corrected chi connectivity index (χ0v) is 30.2. The molecule has 0 spiro atoms. The molecule has 1 N–H and O–H groups in total. The van der Waals surface area contributed by atoms with Crippen molar-refractivity contribution in [2.45, 2.75) is 71.0 Å². The van der Waals surface area contributed by atoms with E-state index < -0.39 is 28.5 Å². The van der Waals surface area contributed by atoms with Crippen molar-refractivity contribution in [3.8, 4) is 11.5 Å². The standard InChI is InChI=1S/C39H47N3O6S/c1-8-30(5)40-39(44)35(23-31-14-10-9-11-15-31)41(25-32-16-12-13-27(2)20-32)38(43)26-42(33-21-28(3)19-29(4)22-33)49(45,46)34-17-18-36(47-6)37(24-34)48-7/h9-22,24,30,35H,8,23,25-26H2,1-7H3,(H,40,44)/t30-,35+/m1/s1. The van der Waals surface area contributed by atoms with E-state index >= 15 is 0 Å². The zero-order valence-electron chi connectivity index (χ0n) is 29.4. The highest BCUT2D eigenvalue weighted by molar-refractivity contribution is 7.92. The first-order chi connectivity index (χ1) is 23.4. The van der Waals surface area contributed by atoms with Crippen LogP contribution < -0.4 is 19.1 Å². The molecule has 49 heavy (non-hydrogen) atoms. The van der Waals surface area contributed by atoms with Crippen LogP contribution >= 0.6 is 0 Å². The van der Waals surface area contributed by atoms with Gasteiger partial charge in [0.2, 0.25) is 11.8 Å². The number of anilines is 1. The maximum absolute atomic E-state index is 14.8. The van der Waals surface area contributed by atoms with E-state index in [2.05, 4.69) is 5.32 Å². The van der Waals surface area contributed by atoms with Gasteiger partial charge in [0.15, 0.2) is 11.5 Å². The number of sulfonamides is 1. The number of rotatable bonds is 15. The molecule has 0 aromatic heterocycles. The summed E-state index contributed by atoms with van der Waals surface area (Å²) in [5.74, 6) is -0.221. The largest absolute Gasteiger partial charge is 0.493 e. The molecule has 0 heterocycles. The van der Waals surface area contributed by atoms with Gasteiger partial charge in [0, 0.05) is 25.1 Å². The number of hydrogen-bond acceptors (Lipinski definition) is 6. The normalized spacial score (nSPS) is 12.5. The summed E-state index contributed by atoms with van der Waals surface area (Å²) >= 11 is 0. The van der Waals surface area contributed by atoms with Gasteiger partial charge in [-0.25, -0.2) is 8.42 Å². The predicted molar refractivity (Wildman–Crippen MR) is 194 cm³/mol. The molecule has 0 bridgehead atoms. The lowest BCUT2D eigenvalue weighted by atomic mass is 10.0. The molecule has 9 nitrogen and oxygen atoms in total. The molecule has 0 aliphatic carbocycles. The minimum absolute atomic E-state index is 0.0716. The van der Waals surface area contributed by atoms with Crippen LogP contribution in [0.2, 0.25) is 0 Å². The molecule has 0 aliphatic heterocycles. The summed E-state index contributed by atoms with van der Waals surface area (Å²) in [7, 11) is -1.43. The van der Waals surface area contributed by atoms with Gasteiger partial charge in [-0.1, -0.05) is 73.2 Å². The Morgan fingerprint density at radius 1 is 0.776 bits per heavy atom. The molecule has 0 aliphatic rings. The van der Waals surface area contributed by atoms with E-state index in [4.69, 9.17) is 9.47 Å². The van der Waals surface area contributed by atoms with Crippen molar-refractivity contribution in [2.75, 3.05) is 25.1 Å². The quantitative estimate of drug-likeness (QED) is 0.156. The van der Waals surface area contributed by atoms with Crippen molar-refractivity contribution in [2.24, 2.45) is 0 Å². The number of aryl methyl sites for hydroxylation is 3. The van der Waals surface area contributed by atoms with E-state index in [1.54, 1.807) is 12.1 Å². The number of amides is 2. The number of methoxy groups -OCH3 is 2. The molecule has 2 atom stereocenters. The fourth-order valence-electron chi connectivity index (χ4n) is 5.73. The molecule has 4 rings (SSSR count). The van der Waals surface area contributed by atoms with Crippen LogP contribution in [0.1, 0.15) is 48.1 Å². The Hall–Kier alpha value is -4.83. The van der Waals surface area contributed by atoms with Crippen molar-refractivity contribution in [3.05, 3.63) is 119 Å². The lowest BCUT2D eigenvalue weighted by molar-refractivity contribution is -0.140. The Kier molecular flexibility index (Phi) is 12.5. The van der Waals surface area contributed by atoms with E-state index in [1.807, 2.05) is 95.3 Å². The van der Waals surface area contributed by atoms with Gasteiger partial charge in [0.05, 0.1) is 24.8 Å². The molecule has 260 valence electrons. The summed E-state index contributed by atoms with van der Waals surface area (Å²) < 4.78 is 41.0. The monoisotopic (exact) mass is 685 g/mol. The van der Waals surface area contributed by atoms with Crippen LogP contribution in [-0.2, 0) is 32.6 Å². The average Bonchev–Trinajstić information content (AvgIpc) is 3.08. The molecule has 4 aromatic carbocycles. The molecule has 2 amide bonds. The third-order valence-corrected chi connectivity index (χ3v) is 10.2. The van der Waals surface area contributed by atoms with Crippen LogP contribution in [0, 0.1) is 20.8 Å². The summed E-state index contributed by atoms with van der Waals surface area (Å²) in [6.07, 6.45) is 0.951. The molecular weight excluding hydrogens is 639 g/mol. The maximum Gasteiger partial charge on any atom is 0.264 e. The molecule has 4 aromatic rings. The summed E-state index contributed by atoms with van der Waals surface area (Å²) in [5.41, 5.74) is 4.70. The van der Waals surface area contributed by atoms with E-state index in [0.29, 0.717) is 17.9 Å². The molecule has 0 saturated carbocycles. The topological polar surface area (TPSA) is 105 Å². The van der Waals surface area contributed by atoms with Gasteiger partial charge in [-0.3, -0.25) is 13.9 Å². The Morgan fingerprint density at radius 3 is 2.04 bits per heavy atom. The van der Waals surface area contributed by atoms with Gasteiger partial charge in [-0.05, 0) is 80.6 Å². The van der Waals surface area contributed by atoms with Crippen LogP contribution in [0.4, 0.5) is 5.69 Å².